The summed E-state index contributed by atoms with van der Waals surface area (Å²) in [4.78, 5) is 11.5. The first-order chi connectivity index (χ1) is 8.54. The molecule has 0 amide bonds. The van der Waals surface area contributed by atoms with Crippen LogP contribution in [0.5, 0.6) is 0 Å². The second kappa shape index (κ2) is 4.92. The molecular weight excluding hydrogens is 252 g/mol. The van der Waals surface area contributed by atoms with E-state index in [0.717, 1.165) is 11.3 Å². The second-order valence-corrected chi connectivity index (χ2v) is 4.46. The number of benzene rings is 1. The third kappa shape index (κ3) is 2.17. The van der Waals surface area contributed by atoms with E-state index in [0.29, 0.717) is 10.7 Å². The first kappa shape index (κ1) is 12.8. The number of hydrogen-bond acceptors (Lipinski definition) is 3. The summed E-state index contributed by atoms with van der Waals surface area (Å²) in [6.45, 7) is 3.30. The van der Waals surface area contributed by atoms with Gasteiger partial charge >= 0.3 is 0 Å². The van der Waals surface area contributed by atoms with Crippen LogP contribution in [0.2, 0.25) is 5.02 Å². The van der Waals surface area contributed by atoms with Gasteiger partial charge in [0.15, 0.2) is 0 Å². The molecule has 2 aromatic rings. The molecule has 0 aliphatic carbocycles. The highest BCUT2D eigenvalue weighted by Crippen LogP contribution is 2.22. The van der Waals surface area contributed by atoms with E-state index in [1.54, 1.807) is 17.7 Å². The van der Waals surface area contributed by atoms with Crippen LogP contribution in [-0.4, -0.2) is 14.9 Å². The second-order valence-electron chi connectivity index (χ2n) is 4.05. The van der Waals surface area contributed by atoms with Gasteiger partial charge in [0.25, 0.3) is 0 Å². The Hall–Kier alpha value is -1.65. The van der Waals surface area contributed by atoms with Crippen molar-refractivity contribution in [2.24, 2.45) is 0 Å². The van der Waals surface area contributed by atoms with Gasteiger partial charge in [-0.3, -0.25) is 4.79 Å². The van der Waals surface area contributed by atoms with E-state index in [9.17, 15) is 4.79 Å². The van der Waals surface area contributed by atoms with Crippen LogP contribution in [0.1, 0.15) is 17.0 Å². The standard InChI is InChI=1S/C13H13ClN2O2/c1-8-6-13(18)11(7-17)15-16(8)12-5-3-4-10(14)9(12)2/h3-6,17H,7H2,1-2H3. The summed E-state index contributed by atoms with van der Waals surface area (Å²) in [6.07, 6.45) is 0. The van der Waals surface area contributed by atoms with Crippen molar-refractivity contribution in [3.63, 3.8) is 0 Å². The molecule has 18 heavy (non-hydrogen) atoms. The number of aliphatic hydroxyl groups excluding tert-OH is 1. The van der Waals surface area contributed by atoms with Crippen molar-refractivity contribution in [3.8, 4) is 5.69 Å². The third-order valence-corrected chi connectivity index (χ3v) is 3.21. The van der Waals surface area contributed by atoms with Crippen LogP contribution < -0.4 is 5.43 Å². The topological polar surface area (TPSA) is 55.1 Å². The Morgan fingerprint density at radius 2 is 2.11 bits per heavy atom. The minimum absolute atomic E-state index is 0.125. The molecule has 1 aromatic carbocycles. The van der Waals surface area contributed by atoms with E-state index in [2.05, 4.69) is 5.10 Å². The van der Waals surface area contributed by atoms with Crippen molar-refractivity contribution in [1.82, 2.24) is 9.78 Å². The average Bonchev–Trinajstić information content (AvgIpc) is 2.34. The fourth-order valence-corrected chi connectivity index (χ4v) is 1.93. The van der Waals surface area contributed by atoms with E-state index in [-0.39, 0.29) is 17.7 Å². The van der Waals surface area contributed by atoms with Gasteiger partial charge in [0, 0.05) is 16.8 Å². The maximum atomic E-state index is 11.5. The van der Waals surface area contributed by atoms with Crippen LogP contribution in [0.4, 0.5) is 0 Å². The van der Waals surface area contributed by atoms with Crippen LogP contribution in [-0.2, 0) is 6.61 Å². The fourth-order valence-electron chi connectivity index (χ4n) is 1.76. The summed E-state index contributed by atoms with van der Waals surface area (Å²) >= 11 is 6.07. The van der Waals surface area contributed by atoms with Gasteiger partial charge in [-0.15, -0.1) is 0 Å². The number of halogens is 1. The minimum atomic E-state index is -0.376. The number of aryl methyl sites for hydroxylation is 1. The zero-order chi connectivity index (χ0) is 13.3. The smallest absolute Gasteiger partial charge is 0.206 e. The molecule has 0 aliphatic heterocycles. The maximum absolute atomic E-state index is 11.5. The lowest BCUT2D eigenvalue weighted by Crippen LogP contribution is -2.19. The molecule has 0 spiro atoms. The van der Waals surface area contributed by atoms with Crippen molar-refractivity contribution in [1.29, 1.82) is 0 Å². The number of hydrogen-bond donors (Lipinski definition) is 1. The maximum Gasteiger partial charge on any atom is 0.206 e. The highest BCUT2D eigenvalue weighted by atomic mass is 35.5. The molecule has 94 valence electrons. The van der Waals surface area contributed by atoms with Gasteiger partial charge in [-0.2, -0.15) is 5.10 Å². The molecule has 1 N–H and O–H groups in total. The zero-order valence-electron chi connectivity index (χ0n) is 10.1. The SMILES string of the molecule is Cc1c(Cl)cccc1-n1nc(CO)c(=O)cc1C. The molecule has 0 radical (unpaired) electrons. The van der Waals surface area contributed by atoms with E-state index >= 15 is 0 Å². The Morgan fingerprint density at radius 3 is 2.78 bits per heavy atom. The monoisotopic (exact) mass is 264 g/mol. The van der Waals surface area contributed by atoms with Gasteiger partial charge in [-0.1, -0.05) is 17.7 Å². The van der Waals surface area contributed by atoms with Crippen LogP contribution in [0.25, 0.3) is 5.69 Å². The molecule has 0 saturated carbocycles. The Balaban J connectivity index is 2.71. The predicted octanol–water partition coefficient (Wildman–Crippen LogP) is 2.00. The average molecular weight is 265 g/mol. The van der Waals surface area contributed by atoms with Crippen LogP contribution in [0, 0.1) is 13.8 Å². The molecule has 0 unspecified atom stereocenters. The van der Waals surface area contributed by atoms with E-state index in [1.165, 1.54) is 6.07 Å². The zero-order valence-corrected chi connectivity index (χ0v) is 10.9. The highest BCUT2D eigenvalue weighted by Gasteiger charge is 2.09. The first-order valence-electron chi connectivity index (χ1n) is 5.51. The number of aliphatic hydroxyl groups is 1. The predicted molar refractivity (Wildman–Crippen MR) is 70.2 cm³/mol. The van der Waals surface area contributed by atoms with Crippen molar-refractivity contribution >= 4 is 11.6 Å². The lowest BCUT2D eigenvalue weighted by atomic mass is 10.2. The quantitative estimate of drug-likeness (QED) is 0.903. The largest absolute Gasteiger partial charge is 0.390 e. The van der Waals surface area contributed by atoms with Crippen molar-refractivity contribution < 1.29 is 5.11 Å². The summed E-state index contributed by atoms with van der Waals surface area (Å²) < 4.78 is 1.62. The fraction of sp³-hybridized carbons (Fsp3) is 0.231. The summed E-state index contributed by atoms with van der Waals surface area (Å²) in [7, 11) is 0. The molecule has 0 fully saturated rings. The van der Waals surface area contributed by atoms with Crippen molar-refractivity contribution in [2.75, 3.05) is 0 Å². The summed E-state index contributed by atoms with van der Waals surface area (Å²) in [5.74, 6) is 0. The Kier molecular flexibility index (Phi) is 3.50. The van der Waals surface area contributed by atoms with Crippen LogP contribution in [0.3, 0.4) is 0 Å². The van der Waals surface area contributed by atoms with Gasteiger partial charge in [0.1, 0.15) is 5.69 Å². The van der Waals surface area contributed by atoms with Gasteiger partial charge in [-0.05, 0) is 31.5 Å². The number of nitrogens with zero attached hydrogens (tertiary/aromatic N) is 2. The van der Waals surface area contributed by atoms with Crippen molar-refractivity contribution in [2.45, 2.75) is 20.5 Å². The molecule has 5 heteroatoms. The molecule has 0 saturated heterocycles. The van der Waals surface area contributed by atoms with E-state index in [1.807, 2.05) is 19.1 Å². The minimum Gasteiger partial charge on any atom is -0.390 e. The molecule has 0 aliphatic rings. The van der Waals surface area contributed by atoms with Gasteiger partial charge in [-0.25, -0.2) is 4.68 Å². The summed E-state index contributed by atoms with van der Waals surface area (Å²) in [5, 5.41) is 13.9. The first-order valence-corrected chi connectivity index (χ1v) is 5.88. The number of rotatable bonds is 2. The normalized spacial score (nSPS) is 10.7. The van der Waals surface area contributed by atoms with Crippen molar-refractivity contribution in [3.05, 3.63) is 56.5 Å². The Morgan fingerprint density at radius 1 is 1.39 bits per heavy atom. The van der Waals surface area contributed by atoms with Gasteiger partial charge in [0.05, 0.1) is 12.3 Å². The highest BCUT2D eigenvalue weighted by molar-refractivity contribution is 6.31. The molecule has 2 rings (SSSR count). The summed E-state index contributed by atoms with van der Waals surface area (Å²) in [5.41, 5.74) is 2.24. The molecule has 1 aromatic heterocycles. The number of aromatic nitrogens is 2. The lowest BCUT2D eigenvalue weighted by Gasteiger charge is -2.13. The Labute approximate surface area is 109 Å². The molecule has 0 atom stereocenters. The van der Waals surface area contributed by atoms with Gasteiger partial charge in [0.2, 0.25) is 5.43 Å². The van der Waals surface area contributed by atoms with E-state index < -0.39 is 0 Å². The molecular formula is C13H13ClN2O2. The third-order valence-electron chi connectivity index (χ3n) is 2.80. The lowest BCUT2D eigenvalue weighted by molar-refractivity contribution is 0.273. The molecule has 4 nitrogen and oxygen atoms in total. The molecule has 1 heterocycles. The Bertz CT molecular complexity index is 650. The summed E-state index contributed by atoms with van der Waals surface area (Å²) in [6, 6.07) is 6.94. The van der Waals surface area contributed by atoms with Crippen LogP contribution in [0.15, 0.2) is 29.1 Å². The van der Waals surface area contributed by atoms with E-state index in [4.69, 9.17) is 16.7 Å². The van der Waals surface area contributed by atoms with Crippen LogP contribution >= 0.6 is 11.6 Å². The van der Waals surface area contributed by atoms with Gasteiger partial charge < -0.3 is 5.11 Å². The molecule has 0 bridgehead atoms.